The van der Waals surface area contributed by atoms with Crippen LogP contribution >= 0.6 is 0 Å². The molecule has 0 saturated heterocycles. The molecule has 1 heterocycles. The number of aryl methyl sites for hydroxylation is 2. The SMILES string of the molecule is CCn1cc(C(O)C2(CN)CCc3ccccc32)cn1. The Bertz CT molecular complexity index is 607. The highest BCUT2D eigenvalue weighted by molar-refractivity contribution is 5.42. The molecule has 3 N–H and O–H groups in total. The van der Waals surface area contributed by atoms with Crippen molar-refractivity contribution in [2.45, 2.75) is 37.8 Å². The Morgan fingerprint density at radius 2 is 2.25 bits per heavy atom. The molecule has 0 radical (unpaired) electrons. The van der Waals surface area contributed by atoms with Crippen LogP contribution in [0.1, 0.15) is 36.1 Å². The van der Waals surface area contributed by atoms with Crippen molar-refractivity contribution in [3.05, 3.63) is 53.3 Å². The highest BCUT2D eigenvalue weighted by Crippen LogP contribution is 2.46. The maximum Gasteiger partial charge on any atom is 0.0929 e. The monoisotopic (exact) mass is 271 g/mol. The van der Waals surface area contributed by atoms with E-state index in [0.29, 0.717) is 6.54 Å². The number of hydrogen-bond acceptors (Lipinski definition) is 3. The fourth-order valence-electron chi connectivity index (χ4n) is 3.34. The van der Waals surface area contributed by atoms with E-state index >= 15 is 0 Å². The van der Waals surface area contributed by atoms with Gasteiger partial charge in [-0.2, -0.15) is 5.10 Å². The number of aliphatic hydroxyl groups excluding tert-OH is 1. The van der Waals surface area contributed by atoms with Gasteiger partial charge in [-0.3, -0.25) is 4.68 Å². The standard InChI is InChI=1S/C16H21N3O/c1-2-19-10-13(9-18-19)15(20)16(11-17)8-7-12-5-3-4-6-14(12)16/h3-6,9-10,15,20H,2,7-8,11,17H2,1H3. The Morgan fingerprint density at radius 3 is 2.95 bits per heavy atom. The van der Waals surface area contributed by atoms with Crippen molar-refractivity contribution in [3.8, 4) is 0 Å². The summed E-state index contributed by atoms with van der Waals surface area (Å²) in [7, 11) is 0. The number of nitrogens with zero attached hydrogens (tertiary/aromatic N) is 2. The largest absolute Gasteiger partial charge is 0.387 e. The van der Waals surface area contributed by atoms with Crippen LogP contribution in [0.2, 0.25) is 0 Å². The van der Waals surface area contributed by atoms with Gasteiger partial charge in [0.05, 0.1) is 12.3 Å². The van der Waals surface area contributed by atoms with Crippen LogP contribution in [-0.4, -0.2) is 21.4 Å². The molecule has 3 rings (SSSR count). The van der Waals surface area contributed by atoms with E-state index in [2.05, 4.69) is 17.2 Å². The third-order valence-electron chi connectivity index (χ3n) is 4.57. The van der Waals surface area contributed by atoms with Crippen molar-refractivity contribution in [1.82, 2.24) is 9.78 Å². The van der Waals surface area contributed by atoms with Gasteiger partial charge in [-0.25, -0.2) is 0 Å². The van der Waals surface area contributed by atoms with E-state index in [0.717, 1.165) is 24.9 Å². The molecule has 1 aliphatic carbocycles. The summed E-state index contributed by atoms with van der Waals surface area (Å²) in [4.78, 5) is 0. The number of aliphatic hydroxyl groups is 1. The van der Waals surface area contributed by atoms with Crippen LogP contribution in [0.4, 0.5) is 0 Å². The van der Waals surface area contributed by atoms with Crippen molar-refractivity contribution in [1.29, 1.82) is 0 Å². The van der Waals surface area contributed by atoms with Crippen molar-refractivity contribution >= 4 is 0 Å². The second-order valence-electron chi connectivity index (χ2n) is 5.55. The van der Waals surface area contributed by atoms with E-state index in [1.807, 2.05) is 29.9 Å². The summed E-state index contributed by atoms with van der Waals surface area (Å²) in [5, 5.41) is 15.2. The lowest BCUT2D eigenvalue weighted by Gasteiger charge is -2.33. The maximum atomic E-state index is 10.9. The van der Waals surface area contributed by atoms with Crippen LogP contribution in [0.15, 0.2) is 36.7 Å². The zero-order valence-electron chi connectivity index (χ0n) is 11.8. The minimum absolute atomic E-state index is 0.377. The molecule has 1 aromatic carbocycles. The van der Waals surface area contributed by atoms with Gasteiger partial charge in [-0.15, -0.1) is 0 Å². The predicted molar refractivity (Wildman–Crippen MR) is 78.4 cm³/mol. The van der Waals surface area contributed by atoms with Gasteiger partial charge in [0.25, 0.3) is 0 Å². The zero-order chi connectivity index (χ0) is 14.2. The highest BCUT2D eigenvalue weighted by Gasteiger charge is 2.44. The minimum atomic E-state index is -0.601. The van der Waals surface area contributed by atoms with Gasteiger partial charge in [0.15, 0.2) is 0 Å². The molecule has 0 spiro atoms. The summed E-state index contributed by atoms with van der Waals surface area (Å²) in [6.07, 6.45) is 4.94. The van der Waals surface area contributed by atoms with E-state index in [4.69, 9.17) is 5.73 Å². The number of aromatic nitrogens is 2. The fraction of sp³-hybridized carbons (Fsp3) is 0.438. The average molecular weight is 271 g/mol. The molecular weight excluding hydrogens is 250 g/mol. The normalized spacial score (nSPS) is 22.8. The Labute approximate surface area is 119 Å². The summed E-state index contributed by atoms with van der Waals surface area (Å²) in [6.45, 7) is 3.29. The van der Waals surface area contributed by atoms with Crippen molar-refractivity contribution in [3.63, 3.8) is 0 Å². The van der Waals surface area contributed by atoms with Gasteiger partial charge in [0, 0.05) is 30.3 Å². The Balaban J connectivity index is 2.02. The summed E-state index contributed by atoms with van der Waals surface area (Å²) in [5.41, 5.74) is 9.05. The first-order valence-electron chi connectivity index (χ1n) is 7.20. The molecule has 0 fully saturated rings. The molecule has 4 heteroatoms. The van der Waals surface area contributed by atoms with Gasteiger partial charge >= 0.3 is 0 Å². The van der Waals surface area contributed by atoms with Gasteiger partial charge in [-0.05, 0) is 30.9 Å². The molecule has 0 amide bonds. The second-order valence-corrected chi connectivity index (χ2v) is 5.55. The summed E-state index contributed by atoms with van der Waals surface area (Å²) in [5.74, 6) is 0. The molecule has 2 unspecified atom stereocenters. The Morgan fingerprint density at radius 1 is 1.45 bits per heavy atom. The van der Waals surface area contributed by atoms with Crippen molar-refractivity contribution in [2.24, 2.45) is 5.73 Å². The summed E-state index contributed by atoms with van der Waals surface area (Å²) >= 11 is 0. The molecule has 1 aromatic heterocycles. The summed E-state index contributed by atoms with van der Waals surface area (Å²) < 4.78 is 1.84. The lowest BCUT2D eigenvalue weighted by Crippen LogP contribution is -2.39. The van der Waals surface area contributed by atoms with E-state index in [9.17, 15) is 5.11 Å². The van der Waals surface area contributed by atoms with E-state index in [1.54, 1.807) is 6.20 Å². The number of benzene rings is 1. The van der Waals surface area contributed by atoms with Crippen molar-refractivity contribution < 1.29 is 5.11 Å². The maximum absolute atomic E-state index is 10.9. The smallest absolute Gasteiger partial charge is 0.0929 e. The van der Waals surface area contributed by atoms with Crippen LogP contribution in [0.5, 0.6) is 0 Å². The zero-order valence-corrected chi connectivity index (χ0v) is 11.8. The third kappa shape index (κ3) is 1.87. The summed E-state index contributed by atoms with van der Waals surface area (Å²) in [6, 6.07) is 8.31. The van der Waals surface area contributed by atoms with Gasteiger partial charge in [0.2, 0.25) is 0 Å². The third-order valence-corrected chi connectivity index (χ3v) is 4.57. The first kappa shape index (κ1) is 13.3. The first-order chi connectivity index (χ1) is 9.71. The number of hydrogen-bond donors (Lipinski definition) is 2. The van der Waals surface area contributed by atoms with E-state index in [1.165, 1.54) is 11.1 Å². The minimum Gasteiger partial charge on any atom is -0.387 e. The molecule has 2 aromatic rings. The van der Waals surface area contributed by atoms with Gasteiger partial charge in [-0.1, -0.05) is 24.3 Å². The number of nitrogens with two attached hydrogens (primary N) is 1. The van der Waals surface area contributed by atoms with Crippen LogP contribution < -0.4 is 5.73 Å². The molecule has 1 aliphatic rings. The molecule has 106 valence electrons. The van der Waals surface area contributed by atoms with Crippen LogP contribution in [-0.2, 0) is 18.4 Å². The molecular formula is C16H21N3O. The van der Waals surface area contributed by atoms with E-state index < -0.39 is 6.10 Å². The van der Waals surface area contributed by atoms with Crippen LogP contribution in [0.25, 0.3) is 0 Å². The lowest BCUT2D eigenvalue weighted by atomic mass is 9.75. The van der Waals surface area contributed by atoms with Crippen LogP contribution in [0, 0.1) is 0 Å². The molecule has 0 bridgehead atoms. The van der Waals surface area contributed by atoms with Gasteiger partial charge < -0.3 is 10.8 Å². The molecule has 4 nitrogen and oxygen atoms in total. The highest BCUT2D eigenvalue weighted by atomic mass is 16.3. The van der Waals surface area contributed by atoms with Crippen molar-refractivity contribution in [2.75, 3.05) is 6.54 Å². The Kier molecular flexibility index (Phi) is 3.36. The topological polar surface area (TPSA) is 64.1 Å². The second kappa shape index (κ2) is 5.04. The Hall–Kier alpha value is -1.65. The van der Waals surface area contributed by atoms with E-state index in [-0.39, 0.29) is 5.41 Å². The van der Waals surface area contributed by atoms with Gasteiger partial charge in [0.1, 0.15) is 0 Å². The molecule has 0 saturated carbocycles. The molecule has 20 heavy (non-hydrogen) atoms. The molecule has 0 aliphatic heterocycles. The number of rotatable bonds is 4. The predicted octanol–water partition coefficient (Wildman–Crippen LogP) is 1.78. The fourth-order valence-corrected chi connectivity index (χ4v) is 3.34. The lowest BCUT2D eigenvalue weighted by molar-refractivity contribution is 0.0840. The quantitative estimate of drug-likeness (QED) is 0.891. The average Bonchev–Trinajstić information content (AvgIpc) is 3.12. The van der Waals surface area contributed by atoms with Crippen LogP contribution in [0.3, 0.4) is 0 Å². The first-order valence-corrected chi connectivity index (χ1v) is 7.20. The molecule has 2 atom stereocenters. The number of fused-ring (bicyclic) bond motifs is 1.